The maximum Gasteiger partial charge on any atom is 0.166 e. The van der Waals surface area contributed by atoms with Crippen LogP contribution in [0.2, 0.25) is 0 Å². The number of benzene rings is 1. The average molecular weight is 192 g/mol. The Labute approximate surface area is 80.7 Å². The van der Waals surface area contributed by atoms with Crippen LogP contribution in [-0.2, 0) is 11.2 Å². The Balaban J connectivity index is 2.35. The Hall–Kier alpha value is -1.51. The molecular weight excluding hydrogens is 183 g/mol. The summed E-state index contributed by atoms with van der Waals surface area (Å²) in [6.07, 6.45) is 1.46. The number of halogens is 1. The van der Waals surface area contributed by atoms with Crippen LogP contribution in [0.4, 0.5) is 4.39 Å². The lowest BCUT2D eigenvalue weighted by molar-refractivity contribution is -0.108. The van der Waals surface area contributed by atoms with Crippen LogP contribution in [0.3, 0.4) is 0 Å². The molecule has 2 rings (SSSR count). The highest BCUT2D eigenvalue weighted by Crippen LogP contribution is 2.28. The predicted octanol–water partition coefficient (Wildman–Crippen LogP) is 1.77. The van der Waals surface area contributed by atoms with Gasteiger partial charge in [0.25, 0.3) is 0 Å². The summed E-state index contributed by atoms with van der Waals surface area (Å²) < 4.78 is 12.8. The fraction of sp³-hybridized carbons (Fsp3) is 0.273. The van der Waals surface area contributed by atoms with Crippen LogP contribution in [0, 0.1) is 11.7 Å². The maximum absolute atomic E-state index is 12.8. The molecule has 0 aromatic heterocycles. The van der Waals surface area contributed by atoms with E-state index in [0.717, 1.165) is 11.8 Å². The van der Waals surface area contributed by atoms with Crippen molar-refractivity contribution < 1.29 is 14.0 Å². The monoisotopic (exact) mass is 192 g/mol. The highest BCUT2D eigenvalue weighted by molar-refractivity contribution is 6.03. The van der Waals surface area contributed by atoms with Crippen LogP contribution in [-0.4, -0.2) is 12.1 Å². The lowest BCUT2D eigenvalue weighted by Crippen LogP contribution is -2.08. The first-order valence-corrected chi connectivity index (χ1v) is 4.48. The van der Waals surface area contributed by atoms with Gasteiger partial charge in [-0.25, -0.2) is 4.39 Å². The molecule has 0 saturated heterocycles. The van der Waals surface area contributed by atoms with Crippen molar-refractivity contribution in [2.75, 3.05) is 0 Å². The van der Waals surface area contributed by atoms with E-state index in [1.807, 2.05) is 0 Å². The third kappa shape index (κ3) is 1.35. The first-order chi connectivity index (χ1) is 6.72. The van der Waals surface area contributed by atoms with Gasteiger partial charge in [-0.3, -0.25) is 4.79 Å². The highest BCUT2D eigenvalue weighted by atomic mass is 19.1. The Kier molecular flexibility index (Phi) is 2.15. The molecule has 72 valence electrons. The Morgan fingerprint density at radius 1 is 1.50 bits per heavy atom. The Morgan fingerprint density at radius 3 is 3.00 bits per heavy atom. The number of rotatable bonds is 2. The average Bonchev–Trinajstić information content (AvgIpc) is 2.44. The topological polar surface area (TPSA) is 34.1 Å². The van der Waals surface area contributed by atoms with Gasteiger partial charge in [0.2, 0.25) is 0 Å². The molecule has 0 aliphatic heterocycles. The summed E-state index contributed by atoms with van der Waals surface area (Å²) in [5, 5.41) is 0. The maximum atomic E-state index is 12.8. The van der Waals surface area contributed by atoms with E-state index in [4.69, 9.17) is 0 Å². The third-order valence-corrected chi connectivity index (χ3v) is 2.55. The summed E-state index contributed by atoms with van der Waals surface area (Å²) in [5.74, 6) is -0.639. The summed E-state index contributed by atoms with van der Waals surface area (Å²) in [7, 11) is 0. The summed E-state index contributed by atoms with van der Waals surface area (Å²) in [6.45, 7) is 0. The molecule has 0 amide bonds. The van der Waals surface area contributed by atoms with Crippen LogP contribution in [0.25, 0.3) is 0 Å². The largest absolute Gasteiger partial charge is 0.303 e. The normalized spacial score (nSPS) is 19.5. The van der Waals surface area contributed by atoms with Gasteiger partial charge >= 0.3 is 0 Å². The van der Waals surface area contributed by atoms with E-state index in [-0.39, 0.29) is 23.9 Å². The van der Waals surface area contributed by atoms with Gasteiger partial charge in [0.1, 0.15) is 12.1 Å². The minimum Gasteiger partial charge on any atom is -0.303 e. The van der Waals surface area contributed by atoms with Gasteiger partial charge < -0.3 is 4.79 Å². The smallest absolute Gasteiger partial charge is 0.166 e. The number of Topliss-reactive ketones (excluding diaryl/α,β-unsaturated/α-hetero) is 1. The second-order valence-corrected chi connectivity index (χ2v) is 3.47. The molecule has 0 saturated carbocycles. The fourth-order valence-electron chi connectivity index (χ4n) is 1.86. The molecule has 0 unspecified atom stereocenters. The van der Waals surface area contributed by atoms with Gasteiger partial charge in [-0.15, -0.1) is 0 Å². The van der Waals surface area contributed by atoms with E-state index < -0.39 is 0 Å². The van der Waals surface area contributed by atoms with Crippen molar-refractivity contribution >= 4 is 12.1 Å². The van der Waals surface area contributed by atoms with Crippen LogP contribution < -0.4 is 0 Å². The number of hydrogen-bond donors (Lipinski definition) is 0. The number of aldehydes is 1. The van der Waals surface area contributed by atoms with Gasteiger partial charge in [-0.05, 0) is 30.2 Å². The molecule has 0 heterocycles. The van der Waals surface area contributed by atoms with E-state index in [0.29, 0.717) is 12.0 Å². The number of carbonyl (C=O) groups is 2. The van der Waals surface area contributed by atoms with Crippen LogP contribution in [0.1, 0.15) is 22.3 Å². The van der Waals surface area contributed by atoms with Crippen molar-refractivity contribution in [3.05, 3.63) is 35.1 Å². The van der Waals surface area contributed by atoms with Gasteiger partial charge in [-0.2, -0.15) is 0 Å². The fourth-order valence-corrected chi connectivity index (χ4v) is 1.86. The SMILES string of the molecule is O=CC[C@@H]1Cc2cc(F)ccc2C1=O. The van der Waals surface area contributed by atoms with Gasteiger partial charge in [0.15, 0.2) is 5.78 Å². The van der Waals surface area contributed by atoms with Crippen molar-refractivity contribution in [3.8, 4) is 0 Å². The third-order valence-electron chi connectivity index (χ3n) is 2.55. The molecule has 1 aromatic rings. The van der Waals surface area contributed by atoms with E-state index in [1.165, 1.54) is 18.2 Å². The second-order valence-electron chi connectivity index (χ2n) is 3.47. The summed E-state index contributed by atoms with van der Waals surface area (Å²) in [6, 6.07) is 4.15. The highest BCUT2D eigenvalue weighted by Gasteiger charge is 2.29. The quantitative estimate of drug-likeness (QED) is 0.669. The summed E-state index contributed by atoms with van der Waals surface area (Å²) in [5.41, 5.74) is 1.29. The van der Waals surface area contributed by atoms with E-state index in [1.54, 1.807) is 0 Å². The van der Waals surface area contributed by atoms with E-state index >= 15 is 0 Å². The molecule has 1 aliphatic carbocycles. The molecule has 0 spiro atoms. The number of fused-ring (bicyclic) bond motifs is 1. The zero-order chi connectivity index (χ0) is 10.1. The molecule has 1 aromatic carbocycles. The van der Waals surface area contributed by atoms with Crippen LogP contribution in [0.5, 0.6) is 0 Å². The molecule has 0 N–H and O–H groups in total. The lowest BCUT2D eigenvalue weighted by Gasteiger charge is -1.99. The molecule has 0 fully saturated rings. The zero-order valence-corrected chi connectivity index (χ0v) is 7.50. The first kappa shape index (κ1) is 9.06. The van der Waals surface area contributed by atoms with Crippen molar-refractivity contribution in [3.63, 3.8) is 0 Å². The molecule has 1 aliphatic rings. The molecule has 14 heavy (non-hydrogen) atoms. The van der Waals surface area contributed by atoms with Crippen LogP contribution in [0.15, 0.2) is 18.2 Å². The number of carbonyl (C=O) groups excluding carboxylic acids is 2. The van der Waals surface area contributed by atoms with E-state index in [2.05, 4.69) is 0 Å². The van der Waals surface area contributed by atoms with Crippen molar-refractivity contribution in [2.45, 2.75) is 12.8 Å². The zero-order valence-electron chi connectivity index (χ0n) is 7.50. The van der Waals surface area contributed by atoms with Gasteiger partial charge in [0.05, 0.1) is 0 Å². The first-order valence-electron chi connectivity index (χ1n) is 4.48. The minimum absolute atomic E-state index is 0.0351. The Bertz CT molecular complexity index is 398. The molecule has 2 nitrogen and oxygen atoms in total. The summed E-state index contributed by atoms with van der Waals surface area (Å²) in [4.78, 5) is 21.9. The summed E-state index contributed by atoms with van der Waals surface area (Å²) >= 11 is 0. The van der Waals surface area contributed by atoms with Gasteiger partial charge in [-0.1, -0.05) is 0 Å². The Morgan fingerprint density at radius 2 is 2.29 bits per heavy atom. The van der Waals surface area contributed by atoms with Gasteiger partial charge in [0, 0.05) is 17.9 Å². The second kappa shape index (κ2) is 3.33. The molecule has 1 atom stereocenters. The molecule has 0 radical (unpaired) electrons. The van der Waals surface area contributed by atoms with Crippen molar-refractivity contribution in [2.24, 2.45) is 5.92 Å². The number of hydrogen-bond acceptors (Lipinski definition) is 2. The molecule has 0 bridgehead atoms. The number of ketones is 1. The van der Waals surface area contributed by atoms with Crippen molar-refractivity contribution in [1.82, 2.24) is 0 Å². The minimum atomic E-state index is -0.330. The standard InChI is InChI=1S/C11H9FO2/c12-9-1-2-10-8(6-9)5-7(3-4-13)11(10)14/h1-2,4,6-7H,3,5H2/t7-/m1/s1. The van der Waals surface area contributed by atoms with Crippen LogP contribution >= 0.6 is 0 Å². The predicted molar refractivity (Wildman–Crippen MR) is 48.6 cm³/mol. The van der Waals surface area contributed by atoms with Crippen molar-refractivity contribution in [1.29, 1.82) is 0 Å². The molecule has 3 heteroatoms. The van der Waals surface area contributed by atoms with E-state index in [9.17, 15) is 14.0 Å². The molecular formula is C11H9FO2. The lowest BCUT2D eigenvalue weighted by atomic mass is 10.0.